The number of amides is 2. The lowest BCUT2D eigenvalue weighted by molar-refractivity contribution is -0.122. The van der Waals surface area contributed by atoms with Crippen molar-refractivity contribution in [2.24, 2.45) is 0 Å². The Morgan fingerprint density at radius 3 is 2.44 bits per heavy atom. The minimum Gasteiger partial charge on any atom is -0.493 e. The van der Waals surface area contributed by atoms with E-state index in [1.807, 2.05) is 32.9 Å². The number of unbranched alkanes of at least 4 members (excludes halogenated alkanes) is 1. The van der Waals surface area contributed by atoms with E-state index in [1.165, 1.54) is 11.1 Å². The first-order valence-electron chi connectivity index (χ1n) is 12.0. The molecule has 190 valence electrons. The quantitative estimate of drug-likeness (QED) is 0.421. The van der Waals surface area contributed by atoms with Gasteiger partial charge in [-0.3, -0.25) is 9.69 Å². The molecule has 0 bridgehead atoms. The molecule has 2 N–H and O–H groups in total. The summed E-state index contributed by atoms with van der Waals surface area (Å²) in [5.41, 5.74) is 1.79. The molecule has 0 saturated carbocycles. The maximum Gasteiger partial charge on any atom is 0.407 e. The fourth-order valence-electron chi connectivity index (χ4n) is 4.78. The van der Waals surface area contributed by atoms with Crippen LogP contribution in [0.2, 0.25) is 0 Å². The molecule has 0 aliphatic carbocycles. The number of nitrogens with zero attached hydrogens (tertiary/aromatic N) is 1. The molecule has 1 aromatic carbocycles. The van der Waals surface area contributed by atoms with E-state index in [4.69, 9.17) is 25.8 Å². The molecule has 0 aromatic heterocycles. The Morgan fingerprint density at radius 2 is 1.79 bits per heavy atom. The Kier molecular flexibility index (Phi) is 8.93. The van der Waals surface area contributed by atoms with Crippen LogP contribution >= 0.6 is 11.6 Å². The van der Waals surface area contributed by atoms with Crippen molar-refractivity contribution in [3.05, 3.63) is 23.3 Å². The van der Waals surface area contributed by atoms with Gasteiger partial charge in [-0.15, -0.1) is 11.6 Å². The summed E-state index contributed by atoms with van der Waals surface area (Å²) >= 11 is 5.75. The van der Waals surface area contributed by atoms with Crippen molar-refractivity contribution in [2.45, 2.75) is 76.6 Å². The van der Waals surface area contributed by atoms with Crippen molar-refractivity contribution >= 4 is 23.6 Å². The SMILES string of the molecule is COc1cc2c(cc1OC)[C@@H]1CC(NC(=O)OC(C)(C)C)C(NC(=O)CCCCCl)CN1CC2. The second-order valence-electron chi connectivity index (χ2n) is 9.98. The highest BCUT2D eigenvalue weighted by atomic mass is 35.5. The molecule has 3 atom stereocenters. The third-order valence-corrected chi connectivity index (χ3v) is 6.61. The standard InChI is InChI=1S/C25H38ClN3O5/c1-25(2,3)34-24(31)28-18-14-20-17-13-22(33-5)21(32-4)12-16(17)9-11-29(20)15-19(18)27-23(30)8-6-7-10-26/h12-13,18-20H,6-11,14-15H2,1-5H3,(H,27,30)(H,28,31)/t18?,19?,20-/m0/s1. The minimum atomic E-state index is -0.605. The number of alkyl halides is 1. The molecule has 1 fully saturated rings. The summed E-state index contributed by atoms with van der Waals surface area (Å²) in [6.45, 7) is 7.01. The summed E-state index contributed by atoms with van der Waals surface area (Å²) in [5, 5.41) is 6.19. The summed E-state index contributed by atoms with van der Waals surface area (Å²) in [7, 11) is 3.27. The first-order chi connectivity index (χ1) is 16.1. The van der Waals surface area contributed by atoms with Crippen LogP contribution in [0.15, 0.2) is 12.1 Å². The first kappa shape index (κ1) is 26.4. The van der Waals surface area contributed by atoms with Crippen LogP contribution < -0.4 is 20.1 Å². The number of nitrogens with one attached hydrogen (secondary N) is 2. The molecular weight excluding hydrogens is 458 g/mol. The van der Waals surface area contributed by atoms with Crippen molar-refractivity contribution in [1.82, 2.24) is 15.5 Å². The highest BCUT2D eigenvalue weighted by Gasteiger charge is 2.41. The number of hydrogen-bond donors (Lipinski definition) is 2. The van der Waals surface area contributed by atoms with Gasteiger partial charge in [0, 0.05) is 31.4 Å². The first-order valence-corrected chi connectivity index (χ1v) is 12.5. The van der Waals surface area contributed by atoms with Crippen LogP contribution in [0, 0.1) is 0 Å². The van der Waals surface area contributed by atoms with Crippen molar-refractivity contribution < 1.29 is 23.8 Å². The molecule has 2 aliphatic rings. The average molecular weight is 496 g/mol. The van der Waals surface area contributed by atoms with Gasteiger partial charge in [-0.1, -0.05) is 0 Å². The zero-order chi connectivity index (χ0) is 24.9. The van der Waals surface area contributed by atoms with Crippen molar-refractivity contribution in [1.29, 1.82) is 0 Å². The maximum atomic E-state index is 12.6. The number of piperidine rings is 1. The van der Waals surface area contributed by atoms with Gasteiger partial charge in [0.05, 0.1) is 26.3 Å². The molecule has 8 nitrogen and oxygen atoms in total. The maximum absolute atomic E-state index is 12.6. The zero-order valence-corrected chi connectivity index (χ0v) is 21.7. The number of hydrogen-bond acceptors (Lipinski definition) is 6. The molecule has 9 heteroatoms. The molecule has 3 rings (SSSR count). The molecule has 34 heavy (non-hydrogen) atoms. The number of ether oxygens (including phenoxy) is 3. The monoisotopic (exact) mass is 495 g/mol. The zero-order valence-electron chi connectivity index (χ0n) is 20.9. The predicted molar refractivity (Wildman–Crippen MR) is 132 cm³/mol. The molecule has 2 aliphatic heterocycles. The number of carbonyl (C=O) groups is 2. The molecule has 1 saturated heterocycles. The number of benzene rings is 1. The highest BCUT2D eigenvalue weighted by Crippen LogP contribution is 2.41. The molecule has 1 aromatic rings. The van der Waals surface area contributed by atoms with E-state index in [2.05, 4.69) is 15.5 Å². The summed E-state index contributed by atoms with van der Waals surface area (Å²) in [5.74, 6) is 1.93. The lowest BCUT2D eigenvalue weighted by Gasteiger charge is -2.47. The Hall–Kier alpha value is -2.19. The Morgan fingerprint density at radius 1 is 1.09 bits per heavy atom. The lowest BCUT2D eigenvalue weighted by Crippen LogP contribution is -2.62. The normalized spacial score (nSPS) is 22.2. The molecular formula is C25H38ClN3O5. The van der Waals surface area contributed by atoms with Gasteiger partial charge >= 0.3 is 6.09 Å². The fourth-order valence-corrected chi connectivity index (χ4v) is 4.97. The summed E-state index contributed by atoms with van der Waals surface area (Å²) in [4.78, 5) is 27.6. The smallest absolute Gasteiger partial charge is 0.407 e. The van der Waals surface area contributed by atoms with E-state index < -0.39 is 11.7 Å². The van der Waals surface area contributed by atoms with Gasteiger partial charge < -0.3 is 24.8 Å². The van der Waals surface area contributed by atoms with E-state index in [0.29, 0.717) is 31.0 Å². The number of rotatable bonds is 8. The number of halogens is 1. The average Bonchev–Trinajstić information content (AvgIpc) is 2.77. The van der Waals surface area contributed by atoms with Crippen molar-refractivity contribution in [3.63, 3.8) is 0 Å². The van der Waals surface area contributed by atoms with Crippen molar-refractivity contribution in [2.75, 3.05) is 33.2 Å². The Balaban J connectivity index is 1.82. The minimum absolute atomic E-state index is 0.0200. The molecule has 0 spiro atoms. The van der Waals surface area contributed by atoms with E-state index in [0.717, 1.165) is 31.6 Å². The number of methoxy groups -OCH3 is 2. The van der Waals surface area contributed by atoms with Gasteiger partial charge in [0.25, 0.3) is 0 Å². The highest BCUT2D eigenvalue weighted by molar-refractivity contribution is 6.17. The van der Waals surface area contributed by atoms with Crippen molar-refractivity contribution in [3.8, 4) is 11.5 Å². The van der Waals surface area contributed by atoms with Gasteiger partial charge in [-0.25, -0.2) is 4.79 Å². The van der Waals surface area contributed by atoms with Crippen LogP contribution in [0.25, 0.3) is 0 Å². The molecule has 2 amide bonds. The van der Waals surface area contributed by atoms with Crippen LogP contribution in [-0.4, -0.2) is 67.8 Å². The predicted octanol–water partition coefficient (Wildman–Crippen LogP) is 3.79. The third-order valence-electron chi connectivity index (χ3n) is 6.34. The fraction of sp³-hybridized carbons (Fsp3) is 0.680. The topological polar surface area (TPSA) is 89.1 Å². The molecule has 2 heterocycles. The molecule has 0 radical (unpaired) electrons. The second kappa shape index (κ2) is 11.5. The number of alkyl carbamates (subject to hydrolysis) is 1. The van der Waals surface area contributed by atoms with Gasteiger partial charge in [-0.05, 0) is 69.7 Å². The van der Waals surface area contributed by atoms with E-state index >= 15 is 0 Å². The molecule has 2 unspecified atom stereocenters. The largest absolute Gasteiger partial charge is 0.493 e. The number of carbonyl (C=O) groups excluding carboxylic acids is 2. The third kappa shape index (κ3) is 6.69. The van der Waals surface area contributed by atoms with Gasteiger partial charge in [-0.2, -0.15) is 0 Å². The van der Waals surface area contributed by atoms with E-state index in [9.17, 15) is 9.59 Å². The summed E-state index contributed by atoms with van der Waals surface area (Å²) in [6.07, 6.45) is 3.02. The summed E-state index contributed by atoms with van der Waals surface area (Å²) in [6, 6.07) is 3.70. The van der Waals surface area contributed by atoms with Crippen LogP contribution in [0.4, 0.5) is 4.79 Å². The van der Waals surface area contributed by atoms with Gasteiger partial charge in [0.2, 0.25) is 5.91 Å². The lowest BCUT2D eigenvalue weighted by atomic mass is 9.83. The van der Waals surface area contributed by atoms with Crippen LogP contribution in [0.1, 0.15) is 63.6 Å². The van der Waals surface area contributed by atoms with E-state index in [-0.39, 0.29) is 24.0 Å². The van der Waals surface area contributed by atoms with Crippen LogP contribution in [-0.2, 0) is 16.0 Å². The Labute approximate surface area is 207 Å². The van der Waals surface area contributed by atoms with Crippen LogP contribution in [0.3, 0.4) is 0 Å². The summed E-state index contributed by atoms with van der Waals surface area (Å²) < 4.78 is 16.6. The van der Waals surface area contributed by atoms with Gasteiger partial charge in [0.15, 0.2) is 11.5 Å². The Bertz CT molecular complexity index is 873. The number of fused-ring (bicyclic) bond motifs is 3. The van der Waals surface area contributed by atoms with E-state index in [1.54, 1.807) is 14.2 Å². The van der Waals surface area contributed by atoms with Crippen LogP contribution in [0.5, 0.6) is 11.5 Å². The second-order valence-corrected chi connectivity index (χ2v) is 10.4. The van der Waals surface area contributed by atoms with Gasteiger partial charge in [0.1, 0.15) is 5.60 Å².